The number of hydrogen-bond donors (Lipinski definition) is 0. The molecule has 0 N–H and O–H groups in total. The van der Waals surface area contributed by atoms with E-state index in [1.165, 1.54) is 17.0 Å². The van der Waals surface area contributed by atoms with E-state index in [4.69, 9.17) is 0 Å². The van der Waals surface area contributed by atoms with Gasteiger partial charge in [0, 0.05) is 18.8 Å². The van der Waals surface area contributed by atoms with Crippen molar-refractivity contribution in [2.75, 3.05) is 11.4 Å². The van der Waals surface area contributed by atoms with Crippen LogP contribution in [0.25, 0.3) is 5.65 Å². The van der Waals surface area contributed by atoms with Gasteiger partial charge in [0.15, 0.2) is 0 Å². The van der Waals surface area contributed by atoms with E-state index < -0.39 is 16.2 Å². The van der Waals surface area contributed by atoms with Gasteiger partial charge >= 0.3 is 11.2 Å². The van der Waals surface area contributed by atoms with E-state index in [9.17, 15) is 14.9 Å². The molecule has 3 heterocycles. The van der Waals surface area contributed by atoms with Gasteiger partial charge in [-0.1, -0.05) is 6.07 Å². The van der Waals surface area contributed by atoms with Crippen molar-refractivity contribution in [1.29, 1.82) is 0 Å². The van der Waals surface area contributed by atoms with Gasteiger partial charge in [0.1, 0.15) is 5.65 Å². The standard InChI is InChI=1S/C14H14N4O3/c19-14-12(18(20)21)13(15-11-3-1-2-6-16(11)14)17-8-9-4-5-10(17)7-9/h1-3,6,9-10H,4-5,7-8H2. The number of fused-ring (bicyclic) bond motifs is 3. The number of anilines is 1. The van der Waals surface area contributed by atoms with Crippen molar-refractivity contribution in [3.63, 3.8) is 0 Å². The molecule has 4 rings (SSSR count). The number of aromatic nitrogens is 2. The molecule has 2 atom stereocenters. The Morgan fingerprint density at radius 2 is 2.19 bits per heavy atom. The molecule has 2 aromatic rings. The molecule has 7 nitrogen and oxygen atoms in total. The van der Waals surface area contributed by atoms with Gasteiger partial charge in [0.05, 0.1) is 4.92 Å². The van der Waals surface area contributed by atoms with E-state index in [0.29, 0.717) is 11.6 Å². The second kappa shape index (κ2) is 4.28. The molecule has 7 heteroatoms. The Balaban J connectivity index is 1.97. The van der Waals surface area contributed by atoms with Gasteiger partial charge in [-0.25, -0.2) is 4.98 Å². The molecule has 1 aliphatic heterocycles. The molecule has 0 aromatic carbocycles. The lowest BCUT2D eigenvalue weighted by molar-refractivity contribution is -0.385. The summed E-state index contributed by atoms with van der Waals surface area (Å²) < 4.78 is 1.23. The number of hydrogen-bond acceptors (Lipinski definition) is 5. The highest BCUT2D eigenvalue weighted by atomic mass is 16.6. The van der Waals surface area contributed by atoms with Crippen LogP contribution < -0.4 is 10.5 Å². The molecule has 0 spiro atoms. The molecule has 2 aromatic heterocycles. The summed E-state index contributed by atoms with van der Waals surface area (Å²) >= 11 is 0. The summed E-state index contributed by atoms with van der Waals surface area (Å²) in [6.45, 7) is 0.765. The Kier molecular flexibility index (Phi) is 2.51. The molecule has 108 valence electrons. The van der Waals surface area contributed by atoms with Crippen LogP contribution in [0, 0.1) is 16.0 Å². The molecule has 1 saturated heterocycles. The second-order valence-electron chi connectivity index (χ2n) is 5.76. The van der Waals surface area contributed by atoms with Crippen molar-refractivity contribution in [2.45, 2.75) is 25.3 Å². The SMILES string of the molecule is O=c1c([N+](=O)[O-])c(N2CC3CCC2C3)nc2ccccn12. The van der Waals surface area contributed by atoms with Crippen molar-refractivity contribution < 1.29 is 4.92 Å². The lowest BCUT2D eigenvalue weighted by atomic mass is 10.1. The van der Waals surface area contributed by atoms with Gasteiger partial charge in [-0.05, 0) is 37.3 Å². The third-order valence-corrected chi connectivity index (χ3v) is 4.56. The summed E-state index contributed by atoms with van der Waals surface area (Å²) in [5.41, 5.74) is -0.569. The van der Waals surface area contributed by atoms with Gasteiger partial charge in [0.25, 0.3) is 0 Å². The van der Waals surface area contributed by atoms with E-state index in [1.807, 2.05) is 4.90 Å². The van der Waals surface area contributed by atoms with Crippen LogP contribution in [0.5, 0.6) is 0 Å². The third-order valence-electron chi connectivity index (χ3n) is 4.56. The van der Waals surface area contributed by atoms with Crippen molar-refractivity contribution in [3.8, 4) is 0 Å². The number of nitrogens with zero attached hydrogens (tertiary/aromatic N) is 4. The monoisotopic (exact) mass is 286 g/mol. The number of pyridine rings is 1. The maximum absolute atomic E-state index is 12.4. The summed E-state index contributed by atoms with van der Waals surface area (Å²) in [5, 5.41) is 11.4. The summed E-state index contributed by atoms with van der Waals surface area (Å²) in [6, 6.07) is 5.42. The third kappa shape index (κ3) is 1.73. The van der Waals surface area contributed by atoms with E-state index in [0.717, 1.165) is 19.4 Å². The zero-order chi connectivity index (χ0) is 14.6. The fourth-order valence-electron chi connectivity index (χ4n) is 3.61. The highest BCUT2D eigenvalue weighted by Gasteiger charge is 2.42. The number of rotatable bonds is 2. The van der Waals surface area contributed by atoms with Crippen LogP contribution >= 0.6 is 0 Å². The molecule has 21 heavy (non-hydrogen) atoms. The van der Waals surface area contributed by atoms with E-state index >= 15 is 0 Å². The van der Waals surface area contributed by atoms with Crippen LogP contribution in [-0.2, 0) is 0 Å². The van der Waals surface area contributed by atoms with Crippen molar-refractivity contribution >= 4 is 17.2 Å². The summed E-state index contributed by atoms with van der Waals surface area (Å²) in [4.78, 5) is 29.5. The maximum Gasteiger partial charge on any atom is 0.376 e. The molecule has 1 aliphatic carbocycles. The topological polar surface area (TPSA) is 80.8 Å². The lowest BCUT2D eigenvalue weighted by Crippen LogP contribution is -2.35. The van der Waals surface area contributed by atoms with Crippen LogP contribution in [0.2, 0.25) is 0 Å². The quantitative estimate of drug-likeness (QED) is 0.618. The second-order valence-corrected chi connectivity index (χ2v) is 5.76. The van der Waals surface area contributed by atoms with Gasteiger partial charge < -0.3 is 4.90 Å². The maximum atomic E-state index is 12.4. The normalized spacial score (nSPS) is 23.9. The minimum absolute atomic E-state index is 0.239. The fourth-order valence-corrected chi connectivity index (χ4v) is 3.61. The zero-order valence-corrected chi connectivity index (χ0v) is 11.3. The molecule has 2 fully saturated rings. The van der Waals surface area contributed by atoms with E-state index in [-0.39, 0.29) is 11.9 Å². The average Bonchev–Trinajstić information content (AvgIpc) is 3.09. The Hall–Kier alpha value is -2.44. The molecule has 2 unspecified atom stereocenters. The molecule has 2 bridgehead atoms. The van der Waals surface area contributed by atoms with Crippen LogP contribution in [-0.4, -0.2) is 26.9 Å². The molecule has 0 radical (unpaired) electrons. The van der Waals surface area contributed by atoms with Crippen molar-refractivity contribution in [2.24, 2.45) is 5.92 Å². The molecule has 2 aliphatic rings. The predicted octanol–water partition coefficient (Wildman–Crippen LogP) is 1.59. The van der Waals surface area contributed by atoms with Crippen molar-refractivity contribution in [1.82, 2.24) is 9.38 Å². The molecule has 1 saturated carbocycles. The molecular weight excluding hydrogens is 272 g/mol. The first kappa shape index (κ1) is 12.3. The first-order valence-electron chi connectivity index (χ1n) is 7.07. The van der Waals surface area contributed by atoms with Crippen LogP contribution in [0.4, 0.5) is 11.5 Å². The fraction of sp³-hybridized carbons (Fsp3) is 0.429. The summed E-state index contributed by atoms with van der Waals surface area (Å²) in [5.74, 6) is 0.814. The van der Waals surface area contributed by atoms with Crippen LogP contribution in [0.1, 0.15) is 19.3 Å². The summed E-state index contributed by atoms with van der Waals surface area (Å²) in [6.07, 6.45) is 4.75. The van der Waals surface area contributed by atoms with Crippen LogP contribution in [0.15, 0.2) is 29.2 Å². The largest absolute Gasteiger partial charge is 0.376 e. The first-order chi connectivity index (χ1) is 10.1. The van der Waals surface area contributed by atoms with Gasteiger partial charge in [-0.2, -0.15) is 0 Å². The minimum Gasteiger partial charge on any atom is -0.347 e. The predicted molar refractivity (Wildman–Crippen MR) is 76.6 cm³/mol. The zero-order valence-electron chi connectivity index (χ0n) is 11.3. The first-order valence-corrected chi connectivity index (χ1v) is 7.07. The Morgan fingerprint density at radius 1 is 1.33 bits per heavy atom. The highest BCUT2D eigenvalue weighted by molar-refractivity contribution is 5.62. The van der Waals surface area contributed by atoms with Crippen molar-refractivity contribution in [3.05, 3.63) is 44.9 Å². The highest BCUT2D eigenvalue weighted by Crippen LogP contribution is 2.41. The number of piperidine rings is 1. The Morgan fingerprint density at radius 3 is 2.86 bits per heavy atom. The smallest absolute Gasteiger partial charge is 0.347 e. The summed E-state index contributed by atoms with van der Waals surface area (Å²) in [7, 11) is 0. The van der Waals surface area contributed by atoms with E-state index in [1.54, 1.807) is 18.2 Å². The van der Waals surface area contributed by atoms with Gasteiger partial charge in [0.2, 0.25) is 5.82 Å². The van der Waals surface area contributed by atoms with Gasteiger partial charge in [-0.15, -0.1) is 0 Å². The van der Waals surface area contributed by atoms with E-state index in [2.05, 4.69) is 4.98 Å². The lowest BCUT2D eigenvalue weighted by Gasteiger charge is -2.27. The molecule has 0 amide bonds. The molecular formula is C14H14N4O3. The number of nitro groups is 1. The van der Waals surface area contributed by atoms with Crippen LogP contribution in [0.3, 0.4) is 0 Å². The average molecular weight is 286 g/mol. The van der Waals surface area contributed by atoms with Gasteiger partial charge in [-0.3, -0.25) is 19.3 Å². The Bertz CT molecular complexity index is 800. The minimum atomic E-state index is -0.608. The Labute approximate surface area is 120 Å².